The van der Waals surface area contributed by atoms with Crippen LogP contribution in [0, 0.1) is 0 Å². The van der Waals surface area contributed by atoms with Crippen molar-refractivity contribution in [1.29, 1.82) is 0 Å². The summed E-state index contributed by atoms with van der Waals surface area (Å²) in [5.74, 6) is -0.820. The summed E-state index contributed by atoms with van der Waals surface area (Å²) in [6.45, 7) is 6.70. The van der Waals surface area contributed by atoms with Gasteiger partial charge in [0.2, 0.25) is 17.7 Å². The molecule has 3 amide bonds. The van der Waals surface area contributed by atoms with Crippen LogP contribution in [0.25, 0.3) is 0 Å². The number of hydrogen-bond donors (Lipinski definition) is 4. The summed E-state index contributed by atoms with van der Waals surface area (Å²) >= 11 is 0. The Morgan fingerprint density at radius 1 is 1.00 bits per heavy atom. The number of methoxy groups -OCH3 is 1. The van der Waals surface area contributed by atoms with Gasteiger partial charge in [-0.1, -0.05) is 23.8 Å². The monoisotopic (exact) mass is 598 g/mol. The number of piperidine rings is 1. The molecule has 4 unspecified atom stereocenters. The molecule has 0 bridgehead atoms. The second-order valence-corrected chi connectivity index (χ2v) is 12.6. The molecule has 0 saturated carbocycles. The lowest BCUT2D eigenvalue weighted by Crippen LogP contribution is -2.57. The van der Waals surface area contributed by atoms with E-state index in [0.29, 0.717) is 44.7 Å². The Morgan fingerprint density at radius 3 is 2.23 bits per heavy atom. The lowest BCUT2D eigenvalue weighted by atomic mass is 9.94. The highest BCUT2D eigenvalue weighted by Crippen LogP contribution is 2.31. The highest BCUT2D eigenvalue weighted by Gasteiger charge is 2.50. The standard InChI is InChI=1S/C32H46N4O7/c1-21(33-27(37)19-36-15-13-31(2,41)14-16-36)29(39)35-26(18-23-9-11-24(42-4)12-10-23)30(40)34-25(17-22-7-5-6-8-22)28(38)32(3)20-43-32/h7,9-12,21,25-26,41H,5-6,8,13-20H2,1-4H3,(H,33,37)(H,34,40)(H,35,39). The number of ketones is 1. The van der Waals surface area contributed by atoms with Gasteiger partial charge in [0.25, 0.3) is 0 Å². The van der Waals surface area contributed by atoms with E-state index in [1.807, 2.05) is 17.0 Å². The first kappa shape index (κ1) is 32.6. The molecule has 1 aromatic carbocycles. The quantitative estimate of drug-likeness (QED) is 0.186. The molecule has 2 heterocycles. The van der Waals surface area contributed by atoms with Crippen molar-refractivity contribution < 1.29 is 33.8 Å². The molecule has 1 aromatic rings. The number of likely N-dealkylation sites (tertiary alicyclic amines) is 1. The Kier molecular flexibility index (Phi) is 10.6. The molecular weight excluding hydrogens is 552 g/mol. The maximum absolute atomic E-state index is 13.7. The summed E-state index contributed by atoms with van der Waals surface area (Å²) in [7, 11) is 1.57. The largest absolute Gasteiger partial charge is 0.497 e. The molecule has 2 fully saturated rings. The smallest absolute Gasteiger partial charge is 0.243 e. The molecule has 0 radical (unpaired) electrons. The van der Waals surface area contributed by atoms with E-state index < -0.39 is 41.1 Å². The van der Waals surface area contributed by atoms with Gasteiger partial charge in [0.1, 0.15) is 23.4 Å². The van der Waals surface area contributed by atoms with Crippen molar-refractivity contribution in [3.8, 4) is 5.75 Å². The van der Waals surface area contributed by atoms with Gasteiger partial charge in [0, 0.05) is 19.5 Å². The first-order valence-electron chi connectivity index (χ1n) is 15.2. The zero-order valence-electron chi connectivity index (χ0n) is 25.7. The van der Waals surface area contributed by atoms with Crippen molar-refractivity contribution in [1.82, 2.24) is 20.9 Å². The minimum atomic E-state index is -0.995. The van der Waals surface area contributed by atoms with Gasteiger partial charge < -0.3 is 30.5 Å². The molecule has 4 N–H and O–H groups in total. The van der Waals surface area contributed by atoms with E-state index in [0.717, 1.165) is 30.4 Å². The van der Waals surface area contributed by atoms with E-state index >= 15 is 0 Å². The molecule has 4 atom stereocenters. The predicted octanol–water partition coefficient (Wildman–Crippen LogP) is 1.42. The van der Waals surface area contributed by atoms with Gasteiger partial charge in [-0.05, 0) is 77.0 Å². The third kappa shape index (κ3) is 9.35. The van der Waals surface area contributed by atoms with E-state index in [2.05, 4.69) is 22.0 Å². The topological polar surface area (TPSA) is 150 Å². The average molecular weight is 599 g/mol. The number of nitrogens with one attached hydrogen (secondary N) is 3. The molecule has 4 rings (SSSR count). The molecule has 2 aliphatic heterocycles. The SMILES string of the molecule is COc1ccc(CC(NC(=O)C(C)NC(=O)CN2CCC(C)(O)CC2)C(=O)NC(CC2=CCCC2)C(=O)C2(C)CO2)cc1. The van der Waals surface area contributed by atoms with Crippen molar-refractivity contribution in [3.63, 3.8) is 0 Å². The van der Waals surface area contributed by atoms with Crippen LogP contribution in [0.3, 0.4) is 0 Å². The van der Waals surface area contributed by atoms with Crippen LogP contribution in [0.1, 0.15) is 64.9 Å². The lowest BCUT2D eigenvalue weighted by molar-refractivity contribution is -0.134. The molecule has 3 aliphatic rings. The second-order valence-electron chi connectivity index (χ2n) is 12.6. The summed E-state index contributed by atoms with van der Waals surface area (Å²) in [6.07, 6.45) is 6.72. The third-order valence-electron chi connectivity index (χ3n) is 8.64. The highest BCUT2D eigenvalue weighted by atomic mass is 16.6. The minimum absolute atomic E-state index is 0.115. The molecule has 2 saturated heterocycles. The number of epoxide rings is 1. The Balaban J connectivity index is 1.42. The lowest BCUT2D eigenvalue weighted by Gasteiger charge is -2.35. The number of aliphatic hydroxyl groups is 1. The maximum Gasteiger partial charge on any atom is 0.243 e. The molecular formula is C32H46N4O7. The van der Waals surface area contributed by atoms with Crippen LogP contribution in [0.5, 0.6) is 5.75 Å². The normalized spacial score (nSPS) is 23.3. The van der Waals surface area contributed by atoms with Crippen LogP contribution in [0.4, 0.5) is 0 Å². The van der Waals surface area contributed by atoms with Gasteiger partial charge in [-0.25, -0.2) is 0 Å². The van der Waals surface area contributed by atoms with E-state index in [1.165, 1.54) is 0 Å². The summed E-state index contributed by atoms with van der Waals surface area (Å²) in [6, 6.07) is 4.52. The first-order valence-corrected chi connectivity index (χ1v) is 15.2. The number of ether oxygens (including phenoxy) is 2. The first-order chi connectivity index (χ1) is 20.4. The third-order valence-corrected chi connectivity index (χ3v) is 8.64. The molecule has 236 valence electrons. The zero-order valence-corrected chi connectivity index (χ0v) is 25.7. The number of Topliss-reactive ketones (excluding diaryl/α,β-unsaturated/α-hetero) is 1. The van der Waals surface area contributed by atoms with Gasteiger partial charge in [-0.3, -0.25) is 24.1 Å². The average Bonchev–Trinajstić information content (AvgIpc) is 3.51. The highest BCUT2D eigenvalue weighted by molar-refractivity contribution is 5.98. The Morgan fingerprint density at radius 2 is 1.65 bits per heavy atom. The summed E-state index contributed by atoms with van der Waals surface area (Å²) in [4.78, 5) is 55.0. The Hall–Kier alpha value is -3.28. The van der Waals surface area contributed by atoms with Crippen LogP contribution in [0.15, 0.2) is 35.9 Å². The summed E-state index contributed by atoms with van der Waals surface area (Å²) in [5.41, 5.74) is 0.292. The van der Waals surface area contributed by atoms with Crippen LogP contribution in [0.2, 0.25) is 0 Å². The fourth-order valence-corrected chi connectivity index (χ4v) is 5.54. The predicted molar refractivity (Wildman–Crippen MR) is 160 cm³/mol. The van der Waals surface area contributed by atoms with Crippen molar-refractivity contribution in [2.45, 2.75) is 95.0 Å². The number of nitrogens with zero attached hydrogens (tertiary/aromatic N) is 1. The van der Waals surface area contributed by atoms with Crippen LogP contribution < -0.4 is 20.7 Å². The number of carbonyl (C=O) groups excluding carboxylic acids is 4. The number of hydrogen-bond acceptors (Lipinski definition) is 8. The molecule has 11 heteroatoms. The van der Waals surface area contributed by atoms with E-state index in [1.54, 1.807) is 40.0 Å². The van der Waals surface area contributed by atoms with Gasteiger partial charge in [-0.15, -0.1) is 0 Å². The van der Waals surface area contributed by atoms with Crippen LogP contribution in [-0.2, 0) is 30.3 Å². The van der Waals surface area contributed by atoms with E-state index in [-0.39, 0.29) is 24.7 Å². The Bertz CT molecular complexity index is 1200. The van der Waals surface area contributed by atoms with E-state index in [9.17, 15) is 24.3 Å². The van der Waals surface area contributed by atoms with Gasteiger partial charge in [0.15, 0.2) is 5.78 Å². The van der Waals surface area contributed by atoms with Crippen molar-refractivity contribution in [2.24, 2.45) is 0 Å². The van der Waals surface area contributed by atoms with Crippen LogP contribution in [-0.4, -0.2) is 96.2 Å². The molecule has 0 aromatic heterocycles. The maximum atomic E-state index is 13.7. The molecule has 0 spiro atoms. The van der Waals surface area contributed by atoms with Crippen LogP contribution >= 0.6 is 0 Å². The molecule has 43 heavy (non-hydrogen) atoms. The number of benzene rings is 1. The molecule has 11 nitrogen and oxygen atoms in total. The second kappa shape index (κ2) is 14.0. The fourth-order valence-electron chi connectivity index (χ4n) is 5.54. The summed E-state index contributed by atoms with van der Waals surface area (Å²) in [5, 5.41) is 18.6. The number of allylic oxidation sites excluding steroid dienone is 1. The van der Waals surface area contributed by atoms with Gasteiger partial charge >= 0.3 is 0 Å². The summed E-state index contributed by atoms with van der Waals surface area (Å²) < 4.78 is 10.6. The molecule has 1 aliphatic carbocycles. The number of amides is 3. The Labute approximate surface area is 253 Å². The number of rotatable bonds is 14. The van der Waals surface area contributed by atoms with E-state index in [4.69, 9.17) is 9.47 Å². The fraction of sp³-hybridized carbons (Fsp3) is 0.625. The van der Waals surface area contributed by atoms with Gasteiger partial charge in [0.05, 0.1) is 31.9 Å². The number of carbonyl (C=O) groups is 4. The zero-order chi connectivity index (χ0) is 31.2. The van der Waals surface area contributed by atoms with Crippen molar-refractivity contribution in [2.75, 3.05) is 33.4 Å². The minimum Gasteiger partial charge on any atom is -0.497 e. The van der Waals surface area contributed by atoms with Gasteiger partial charge in [-0.2, -0.15) is 0 Å². The van der Waals surface area contributed by atoms with Crippen molar-refractivity contribution >= 4 is 23.5 Å². The van der Waals surface area contributed by atoms with Crippen molar-refractivity contribution in [3.05, 3.63) is 41.5 Å².